The van der Waals surface area contributed by atoms with Crippen molar-refractivity contribution >= 4 is 18.4 Å². The fourth-order valence-electron chi connectivity index (χ4n) is 0.537. The lowest BCUT2D eigenvalue weighted by Crippen LogP contribution is -2.30. The van der Waals surface area contributed by atoms with E-state index in [9.17, 15) is 4.79 Å². The molecule has 0 saturated heterocycles. The van der Waals surface area contributed by atoms with Crippen LogP contribution < -0.4 is 5.73 Å². The first kappa shape index (κ1) is 15.2. The lowest BCUT2D eigenvalue weighted by molar-refractivity contribution is -0.146. The van der Waals surface area contributed by atoms with E-state index >= 15 is 0 Å². The highest BCUT2D eigenvalue weighted by Crippen LogP contribution is 2.09. The summed E-state index contributed by atoms with van der Waals surface area (Å²) >= 11 is 0. The Labute approximate surface area is 86.4 Å². The second kappa shape index (κ2) is 7.15. The van der Waals surface area contributed by atoms with Crippen molar-refractivity contribution in [1.29, 1.82) is 0 Å². The normalized spacial score (nSPS) is 14.6. The fraction of sp³-hybridized carbons (Fsp3) is 0.889. The molecule has 0 aliphatic heterocycles. The summed E-state index contributed by atoms with van der Waals surface area (Å²) in [4.78, 5) is 10.9. The van der Waals surface area contributed by atoms with Crippen molar-refractivity contribution in [1.82, 2.24) is 0 Å². The minimum Gasteiger partial charge on any atom is -0.464 e. The van der Waals surface area contributed by atoms with E-state index in [0.29, 0.717) is 18.4 Å². The Kier molecular flexibility index (Phi) is 8.37. The second-order valence-electron chi connectivity index (χ2n) is 3.64. The molecule has 0 rings (SSSR count). The van der Waals surface area contributed by atoms with E-state index in [1.807, 2.05) is 0 Å². The smallest absolute Gasteiger partial charge is 0.322 e. The topological polar surface area (TPSA) is 52.3 Å². The van der Waals surface area contributed by atoms with E-state index in [1.165, 1.54) is 0 Å². The molecule has 80 valence electrons. The minimum absolute atomic E-state index is 0. The van der Waals surface area contributed by atoms with Crippen LogP contribution in [0.15, 0.2) is 0 Å². The number of nitrogens with two attached hydrogens (primary N) is 1. The molecule has 0 radical (unpaired) electrons. The van der Waals surface area contributed by atoms with Gasteiger partial charge in [-0.1, -0.05) is 20.8 Å². The van der Waals surface area contributed by atoms with Crippen LogP contribution in [-0.2, 0) is 9.53 Å². The van der Waals surface area contributed by atoms with Gasteiger partial charge in [-0.05, 0) is 18.8 Å². The first-order chi connectivity index (χ1) is 5.45. The summed E-state index contributed by atoms with van der Waals surface area (Å²) < 4.78 is 4.96. The number of esters is 1. The van der Waals surface area contributed by atoms with Gasteiger partial charge in [0, 0.05) is 0 Å². The molecule has 4 heteroatoms. The van der Waals surface area contributed by atoms with E-state index in [-0.39, 0.29) is 18.4 Å². The largest absolute Gasteiger partial charge is 0.464 e. The van der Waals surface area contributed by atoms with Gasteiger partial charge in [0.05, 0.1) is 6.61 Å². The first-order valence-electron chi connectivity index (χ1n) is 4.37. The number of hydrogen-bond acceptors (Lipinski definition) is 3. The summed E-state index contributed by atoms with van der Waals surface area (Å²) in [5, 5.41) is 0. The van der Waals surface area contributed by atoms with E-state index in [4.69, 9.17) is 10.5 Å². The highest BCUT2D eigenvalue weighted by molar-refractivity contribution is 5.85. The summed E-state index contributed by atoms with van der Waals surface area (Å²) in [7, 11) is 0. The van der Waals surface area contributed by atoms with Crippen molar-refractivity contribution in [2.75, 3.05) is 6.61 Å². The Morgan fingerprint density at radius 1 is 1.31 bits per heavy atom. The third-order valence-corrected chi connectivity index (χ3v) is 2.00. The molecule has 0 aromatic carbocycles. The number of carbonyl (C=O) groups is 1. The predicted octanol–water partition coefficient (Wildman–Crippen LogP) is 1.59. The predicted molar refractivity (Wildman–Crippen MR) is 55.9 cm³/mol. The minimum atomic E-state index is -0.510. The molecular weight excluding hydrogens is 190 g/mol. The Morgan fingerprint density at radius 2 is 1.77 bits per heavy atom. The van der Waals surface area contributed by atoms with Crippen LogP contribution in [0.1, 0.15) is 27.7 Å². The molecule has 1 unspecified atom stereocenters. The van der Waals surface area contributed by atoms with Gasteiger partial charge >= 0.3 is 5.97 Å². The Morgan fingerprint density at radius 3 is 2.08 bits per heavy atom. The third kappa shape index (κ3) is 6.84. The molecule has 0 saturated carbocycles. The molecule has 0 aromatic heterocycles. The molecule has 0 spiro atoms. The van der Waals surface area contributed by atoms with Crippen molar-refractivity contribution in [2.45, 2.75) is 33.7 Å². The van der Waals surface area contributed by atoms with Crippen molar-refractivity contribution < 1.29 is 9.53 Å². The summed E-state index contributed by atoms with van der Waals surface area (Å²) in [6.45, 7) is 8.36. The Bertz CT molecular complexity index is 149. The number of rotatable bonds is 4. The lowest BCUT2D eigenvalue weighted by Gasteiger charge is -2.16. The van der Waals surface area contributed by atoms with Crippen LogP contribution in [0, 0.1) is 11.8 Å². The van der Waals surface area contributed by atoms with Gasteiger partial charge < -0.3 is 10.5 Å². The van der Waals surface area contributed by atoms with Crippen LogP contribution in [0.4, 0.5) is 0 Å². The highest BCUT2D eigenvalue weighted by Gasteiger charge is 2.12. The summed E-state index contributed by atoms with van der Waals surface area (Å²) in [6.07, 6.45) is 0. The van der Waals surface area contributed by atoms with Crippen LogP contribution in [0.3, 0.4) is 0 Å². The van der Waals surface area contributed by atoms with Crippen LogP contribution in [-0.4, -0.2) is 18.6 Å². The maximum absolute atomic E-state index is 10.9. The molecule has 3 nitrogen and oxygen atoms in total. The molecule has 0 aliphatic carbocycles. The average Bonchev–Trinajstić information content (AvgIpc) is 1.98. The first-order valence-corrected chi connectivity index (χ1v) is 4.37. The molecule has 0 fully saturated rings. The van der Waals surface area contributed by atoms with Gasteiger partial charge in [0.15, 0.2) is 0 Å². The van der Waals surface area contributed by atoms with Crippen LogP contribution in [0.5, 0.6) is 0 Å². The summed E-state index contributed by atoms with van der Waals surface area (Å²) in [5.74, 6) is 0.612. The van der Waals surface area contributed by atoms with Gasteiger partial charge in [0.2, 0.25) is 0 Å². The quantitative estimate of drug-likeness (QED) is 0.716. The van der Waals surface area contributed by atoms with E-state index in [1.54, 1.807) is 6.92 Å². The highest BCUT2D eigenvalue weighted by atomic mass is 35.5. The zero-order valence-electron chi connectivity index (χ0n) is 8.74. The van der Waals surface area contributed by atoms with Gasteiger partial charge in [-0.15, -0.1) is 12.4 Å². The standard InChI is InChI=1S/C9H19NO2.ClH/c1-6(2)7(3)5-12-9(11)8(4)10;/h6-8H,5,10H2,1-4H3;1H/t7-,8?;/m1./s1. The lowest BCUT2D eigenvalue weighted by atomic mass is 9.99. The van der Waals surface area contributed by atoms with Crippen LogP contribution in [0.2, 0.25) is 0 Å². The molecule has 13 heavy (non-hydrogen) atoms. The van der Waals surface area contributed by atoms with E-state index < -0.39 is 6.04 Å². The maximum Gasteiger partial charge on any atom is 0.322 e. The molecule has 2 N–H and O–H groups in total. The number of halogens is 1. The molecule has 0 aliphatic rings. The zero-order chi connectivity index (χ0) is 9.72. The monoisotopic (exact) mass is 209 g/mol. The number of carbonyl (C=O) groups excluding carboxylic acids is 1. The Balaban J connectivity index is 0. The average molecular weight is 210 g/mol. The molecule has 0 bridgehead atoms. The van der Waals surface area contributed by atoms with Gasteiger partial charge in [-0.2, -0.15) is 0 Å². The molecule has 0 heterocycles. The van der Waals surface area contributed by atoms with Crippen LogP contribution >= 0.6 is 12.4 Å². The van der Waals surface area contributed by atoms with Gasteiger partial charge in [-0.25, -0.2) is 0 Å². The number of ether oxygens (including phenoxy) is 1. The van der Waals surface area contributed by atoms with Crippen LogP contribution in [0.25, 0.3) is 0 Å². The fourth-order valence-corrected chi connectivity index (χ4v) is 0.537. The zero-order valence-corrected chi connectivity index (χ0v) is 9.56. The van der Waals surface area contributed by atoms with Crippen molar-refractivity contribution in [2.24, 2.45) is 17.6 Å². The van der Waals surface area contributed by atoms with Crippen molar-refractivity contribution in [3.05, 3.63) is 0 Å². The Hall–Kier alpha value is -0.280. The molecular formula is C9H20ClNO2. The molecule has 0 aromatic rings. The van der Waals surface area contributed by atoms with E-state index in [2.05, 4.69) is 20.8 Å². The van der Waals surface area contributed by atoms with Gasteiger partial charge in [0.1, 0.15) is 6.04 Å². The molecule has 2 atom stereocenters. The molecule has 0 amide bonds. The van der Waals surface area contributed by atoms with Gasteiger partial charge in [0.25, 0.3) is 0 Å². The maximum atomic E-state index is 10.9. The summed E-state index contributed by atoms with van der Waals surface area (Å²) in [5.41, 5.74) is 5.32. The second-order valence-corrected chi connectivity index (χ2v) is 3.64. The van der Waals surface area contributed by atoms with Crippen molar-refractivity contribution in [3.63, 3.8) is 0 Å². The third-order valence-electron chi connectivity index (χ3n) is 2.00. The number of hydrogen-bond donors (Lipinski definition) is 1. The van der Waals surface area contributed by atoms with E-state index in [0.717, 1.165) is 0 Å². The van der Waals surface area contributed by atoms with Crippen molar-refractivity contribution in [3.8, 4) is 0 Å². The van der Waals surface area contributed by atoms with Gasteiger partial charge in [-0.3, -0.25) is 4.79 Å². The summed E-state index contributed by atoms with van der Waals surface area (Å²) in [6, 6.07) is -0.510. The SMILES string of the molecule is CC(N)C(=O)OC[C@@H](C)C(C)C.Cl.